The Morgan fingerprint density at radius 2 is 1.88 bits per heavy atom. The van der Waals surface area contributed by atoms with Gasteiger partial charge in [0.05, 0.1) is 6.21 Å². The lowest BCUT2D eigenvalue weighted by molar-refractivity contribution is 0.115. The Kier molecular flexibility index (Phi) is 6.26. The van der Waals surface area contributed by atoms with Gasteiger partial charge in [-0.05, 0) is 18.7 Å². The largest absolute Gasteiger partial charge is 0.394 e. The monoisotopic (exact) mass is 220 g/mol. The van der Waals surface area contributed by atoms with Gasteiger partial charge >= 0.3 is 0 Å². The molecule has 0 fully saturated rings. The zero-order valence-corrected chi connectivity index (χ0v) is 10.1. The van der Waals surface area contributed by atoms with E-state index in [2.05, 4.69) is 23.9 Å². The Labute approximate surface area is 97.7 Å². The molecule has 0 N–H and O–H groups in total. The van der Waals surface area contributed by atoms with E-state index < -0.39 is 0 Å². The van der Waals surface area contributed by atoms with Crippen LogP contribution in [-0.2, 0) is 4.84 Å². The van der Waals surface area contributed by atoms with Gasteiger partial charge in [0, 0.05) is 6.54 Å². The molecule has 0 amide bonds. The first-order valence-corrected chi connectivity index (χ1v) is 5.79. The molecule has 0 aliphatic carbocycles. The van der Waals surface area contributed by atoms with Crippen LogP contribution < -0.4 is 0 Å². The minimum Gasteiger partial charge on any atom is -0.394 e. The standard InChI is InChI=1S/C13H20N2O/c1-3-15(4-2)10-11-16-14-12-13-8-6-5-7-9-13/h5-9,12H,3-4,10-11H2,1-2H3/b14-12+. The lowest BCUT2D eigenvalue weighted by Gasteiger charge is -2.16. The summed E-state index contributed by atoms with van der Waals surface area (Å²) < 4.78 is 0. The van der Waals surface area contributed by atoms with E-state index in [1.54, 1.807) is 6.21 Å². The van der Waals surface area contributed by atoms with Crippen LogP contribution in [-0.4, -0.2) is 37.4 Å². The summed E-state index contributed by atoms with van der Waals surface area (Å²) in [6.07, 6.45) is 1.74. The van der Waals surface area contributed by atoms with Gasteiger partial charge in [0.1, 0.15) is 6.61 Å². The van der Waals surface area contributed by atoms with E-state index in [4.69, 9.17) is 4.84 Å². The molecule has 0 atom stereocenters. The molecular weight excluding hydrogens is 200 g/mol. The maximum atomic E-state index is 5.20. The first kappa shape index (κ1) is 12.7. The fourth-order valence-electron chi connectivity index (χ4n) is 1.40. The van der Waals surface area contributed by atoms with Crippen molar-refractivity contribution in [3.05, 3.63) is 35.9 Å². The number of benzene rings is 1. The lowest BCUT2D eigenvalue weighted by Crippen LogP contribution is -2.26. The van der Waals surface area contributed by atoms with E-state index in [0.29, 0.717) is 6.61 Å². The van der Waals surface area contributed by atoms with Gasteiger partial charge in [-0.3, -0.25) is 0 Å². The highest BCUT2D eigenvalue weighted by Crippen LogP contribution is 1.94. The number of oxime groups is 1. The number of rotatable bonds is 7. The molecule has 0 bridgehead atoms. The van der Waals surface area contributed by atoms with E-state index in [-0.39, 0.29) is 0 Å². The van der Waals surface area contributed by atoms with Gasteiger partial charge in [0.15, 0.2) is 0 Å². The van der Waals surface area contributed by atoms with Gasteiger partial charge in [0.2, 0.25) is 0 Å². The van der Waals surface area contributed by atoms with E-state index in [1.807, 2.05) is 30.3 Å². The van der Waals surface area contributed by atoms with Gasteiger partial charge in [-0.25, -0.2) is 0 Å². The Morgan fingerprint density at radius 3 is 2.50 bits per heavy atom. The molecule has 1 rings (SSSR count). The van der Waals surface area contributed by atoms with Crippen molar-refractivity contribution in [1.29, 1.82) is 0 Å². The van der Waals surface area contributed by atoms with Crippen molar-refractivity contribution in [3.8, 4) is 0 Å². The maximum Gasteiger partial charge on any atom is 0.129 e. The van der Waals surface area contributed by atoms with Gasteiger partial charge in [-0.2, -0.15) is 0 Å². The molecular formula is C13H20N2O. The topological polar surface area (TPSA) is 24.8 Å². The van der Waals surface area contributed by atoms with Crippen molar-refractivity contribution in [1.82, 2.24) is 4.90 Å². The Morgan fingerprint density at radius 1 is 1.19 bits per heavy atom. The average molecular weight is 220 g/mol. The van der Waals surface area contributed by atoms with Crippen LogP contribution in [0.3, 0.4) is 0 Å². The molecule has 88 valence electrons. The minimum atomic E-state index is 0.644. The summed E-state index contributed by atoms with van der Waals surface area (Å²) in [6.45, 7) is 7.99. The van der Waals surface area contributed by atoms with E-state index in [1.165, 1.54) is 0 Å². The summed E-state index contributed by atoms with van der Waals surface area (Å²) in [7, 11) is 0. The number of nitrogens with zero attached hydrogens (tertiary/aromatic N) is 2. The van der Waals surface area contributed by atoms with Crippen LogP contribution in [0, 0.1) is 0 Å². The smallest absolute Gasteiger partial charge is 0.129 e. The summed E-state index contributed by atoms with van der Waals surface area (Å²) in [5.74, 6) is 0. The van der Waals surface area contributed by atoms with Crippen LogP contribution in [0.15, 0.2) is 35.5 Å². The molecule has 16 heavy (non-hydrogen) atoms. The molecule has 3 heteroatoms. The third kappa shape index (κ3) is 4.94. The summed E-state index contributed by atoms with van der Waals surface area (Å²) >= 11 is 0. The van der Waals surface area contributed by atoms with Gasteiger partial charge < -0.3 is 9.74 Å². The summed E-state index contributed by atoms with van der Waals surface area (Å²) in [4.78, 5) is 7.50. The quantitative estimate of drug-likeness (QED) is 0.400. The zero-order chi connectivity index (χ0) is 11.6. The van der Waals surface area contributed by atoms with Crippen LogP contribution in [0.1, 0.15) is 19.4 Å². The summed E-state index contributed by atoms with van der Waals surface area (Å²) in [5.41, 5.74) is 1.06. The molecule has 0 aliphatic rings. The molecule has 0 unspecified atom stereocenters. The fraction of sp³-hybridized carbons (Fsp3) is 0.462. The molecule has 0 saturated carbocycles. The van der Waals surface area contributed by atoms with Gasteiger partial charge in [0.25, 0.3) is 0 Å². The summed E-state index contributed by atoms with van der Waals surface area (Å²) in [6, 6.07) is 9.95. The summed E-state index contributed by atoms with van der Waals surface area (Å²) in [5, 5.41) is 3.93. The first-order valence-electron chi connectivity index (χ1n) is 5.79. The van der Waals surface area contributed by atoms with Crippen LogP contribution in [0.4, 0.5) is 0 Å². The normalized spacial score (nSPS) is 11.2. The zero-order valence-electron chi connectivity index (χ0n) is 10.1. The van der Waals surface area contributed by atoms with Gasteiger partial charge in [-0.1, -0.05) is 49.3 Å². The maximum absolute atomic E-state index is 5.20. The molecule has 1 aromatic carbocycles. The number of likely N-dealkylation sites (N-methyl/N-ethyl adjacent to an activating group) is 1. The van der Waals surface area contributed by atoms with E-state index in [9.17, 15) is 0 Å². The molecule has 0 spiro atoms. The second-order valence-corrected chi connectivity index (χ2v) is 3.51. The van der Waals surface area contributed by atoms with Crippen molar-refractivity contribution in [3.63, 3.8) is 0 Å². The lowest BCUT2D eigenvalue weighted by atomic mass is 10.2. The van der Waals surface area contributed by atoms with Crippen LogP contribution in [0.25, 0.3) is 0 Å². The predicted molar refractivity (Wildman–Crippen MR) is 67.8 cm³/mol. The molecule has 0 aliphatic heterocycles. The molecule has 0 heterocycles. The highest BCUT2D eigenvalue weighted by atomic mass is 16.6. The Hall–Kier alpha value is -1.35. The third-order valence-electron chi connectivity index (χ3n) is 2.47. The highest BCUT2D eigenvalue weighted by molar-refractivity contribution is 5.78. The second kappa shape index (κ2) is 7.88. The molecule has 0 aromatic heterocycles. The Balaban J connectivity index is 2.18. The highest BCUT2D eigenvalue weighted by Gasteiger charge is 1.97. The molecule has 0 radical (unpaired) electrons. The SMILES string of the molecule is CCN(CC)CCO/N=C/c1ccccc1. The van der Waals surface area contributed by atoms with E-state index in [0.717, 1.165) is 25.2 Å². The fourth-order valence-corrected chi connectivity index (χ4v) is 1.40. The average Bonchev–Trinajstić information content (AvgIpc) is 2.35. The van der Waals surface area contributed by atoms with Crippen LogP contribution in [0.5, 0.6) is 0 Å². The molecule has 0 saturated heterocycles. The third-order valence-corrected chi connectivity index (χ3v) is 2.47. The van der Waals surface area contributed by atoms with Crippen molar-refractivity contribution < 1.29 is 4.84 Å². The van der Waals surface area contributed by atoms with E-state index >= 15 is 0 Å². The van der Waals surface area contributed by atoms with Crippen LogP contribution in [0.2, 0.25) is 0 Å². The van der Waals surface area contributed by atoms with Gasteiger partial charge in [-0.15, -0.1) is 0 Å². The van der Waals surface area contributed by atoms with Crippen molar-refractivity contribution in [2.24, 2.45) is 5.16 Å². The molecule has 1 aromatic rings. The van der Waals surface area contributed by atoms with Crippen molar-refractivity contribution in [2.45, 2.75) is 13.8 Å². The van der Waals surface area contributed by atoms with Crippen molar-refractivity contribution in [2.75, 3.05) is 26.2 Å². The number of hydrogen-bond donors (Lipinski definition) is 0. The second-order valence-electron chi connectivity index (χ2n) is 3.51. The Bertz CT molecular complexity index is 294. The molecule has 3 nitrogen and oxygen atoms in total. The van der Waals surface area contributed by atoms with Crippen LogP contribution >= 0.6 is 0 Å². The first-order chi connectivity index (χ1) is 7.86. The van der Waals surface area contributed by atoms with Crippen molar-refractivity contribution >= 4 is 6.21 Å². The minimum absolute atomic E-state index is 0.644. The predicted octanol–water partition coefficient (Wildman–Crippen LogP) is 2.38. The number of hydrogen-bond acceptors (Lipinski definition) is 3.